The van der Waals surface area contributed by atoms with Crippen LogP contribution in [0.2, 0.25) is 0 Å². The highest BCUT2D eigenvalue weighted by Gasteiger charge is 2.23. The summed E-state index contributed by atoms with van der Waals surface area (Å²) in [4.78, 5) is 15.7. The van der Waals surface area contributed by atoms with E-state index in [1.807, 2.05) is 54.6 Å². The molecule has 320 valence electrons. The minimum atomic E-state index is 0.545. The molecule has 0 aliphatic rings. The lowest BCUT2D eigenvalue weighted by Gasteiger charge is -2.13. The molecule has 0 spiro atoms. The normalized spacial score (nSPS) is 12.1. The van der Waals surface area contributed by atoms with Gasteiger partial charge in [-0.1, -0.05) is 164 Å². The Morgan fingerprint density at radius 3 is 1.43 bits per heavy atom. The maximum Gasteiger partial charge on any atom is 0.238 e. The Balaban J connectivity index is 0.908. The van der Waals surface area contributed by atoms with Gasteiger partial charge in [-0.05, 0) is 104 Å². The zero-order valence-electron chi connectivity index (χ0n) is 37.0. The summed E-state index contributed by atoms with van der Waals surface area (Å²) in [5.41, 5.74) is 11.2. The van der Waals surface area contributed by atoms with Crippen LogP contribution in [0.4, 0.5) is 0 Å². The van der Waals surface area contributed by atoms with Crippen molar-refractivity contribution < 1.29 is 4.42 Å². The molecule has 0 bridgehead atoms. The average Bonchev–Trinajstić information content (AvgIpc) is 4.08. The molecule has 11 aromatic carbocycles. The molecule has 0 atom stereocenters. The molecular formula is C63H37N5O. The Bertz CT molecular complexity index is 4560. The predicted octanol–water partition coefficient (Wildman–Crippen LogP) is 16.4. The minimum absolute atomic E-state index is 0.545. The molecule has 6 heteroatoms. The molecule has 0 amide bonds. The van der Waals surface area contributed by atoms with Gasteiger partial charge in [0.2, 0.25) is 5.95 Å². The summed E-state index contributed by atoms with van der Waals surface area (Å²) < 4.78 is 11.0. The Morgan fingerprint density at radius 1 is 0.275 bits per heavy atom. The molecule has 69 heavy (non-hydrogen) atoms. The van der Waals surface area contributed by atoms with Crippen LogP contribution in [-0.2, 0) is 0 Å². The SMILES string of the molecule is c1ccc(-c2nc(-c3ccc4c(c3)oc3ccccc34)nc(-n3c4ccccc4c4c5c6ccccc6n(-c6ccc(-c7ccc8c9ccccc9c9ccccc9c8c7)cc6)c5ccc43)n2)cc1. The van der Waals surface area contributed by atoms with E-state index < -0.39 is 0 Å². The minimum Gasteiger partial charge on any atom is -0.456 e. The van der Waals surface area contributed by atoms with Crippen molar-refractivity contribution in [3.63, 3.8) is 0 Å². The molecular weight excluding hydrogens is 843 g/mol. The van der Waals surface area contributed by atoms with Crippen molar-refractivity contribution in [2.24, 2.45) is 0 Å². The Hall–Kier alpha value is -9.39. The van der Waals surface area contributed by atoms with Crippen LogP contribution in [0.5, 0.6) is 0 Å². The number of hydrogen-bond donors (Lipinski definition) is 0. The molecule has 4 aromatic heterocycles. The lowest BCUT2D eigenvalue weighted by atomic mass is 9.92. The van der Waals surface area contributed by atoms with Crippen LogP contribution in [0.3, 0.4) is 0 Å². The Morgan fingerprint density at radius 2 is 0.754 bits per heavy atom. The van der Waals surface area contributed by atoms with Crippen molar-refractivity contribution >= 4 is 97.9 Å². The molecule has 4 heterocycles. The van der Waals surface area contributed by atoms with Gasteiger partial charge in [0.05, 0.1) is 22.1 Å². The van der Waals surface area contributed by atoms with E-state index in [0.29, 0.717) is 17.6 Å². The van der Waals surface area contributed by atoms with Crippen molar-refractivity contribution in [3.05, 3.63) is 224 Å². The van der Waals surface area contributed by atoms with Gasteiger partial charge in [0.25, 0.3) is 0 Å². The molecule has 0 aliphatic carbocycles. The third kappa shape index (κ3) is 5.63. The Kier molecular flexibility index (Phi) is 7.97. The molecule has 15 rings (SSSR count). The lowest BCUT2D eigenvalue weighted by molar-refractivity contribution is 0.669. The van der Waals surface area contributed by atoms with Gasteiger partial charge in [-0.25, -0.2) is 4.98 Å². The number of aromatic nitrogens is 5. The van der Waals surface area contributed by atoms with Gasteiger partial charge in [-0.15, -0.1) is 0 Å². The van der Waals surface area contributed by atoms with Crippen LogP contribution >= 0.6 is 0 Å². The molecule has 0 unspecified atom stereocenters. The van der Waals surface area contributed by atoms with Crippen LogP contribution in [-0.4, -0.2) is 24.1 Å². The first-order valence-electron chi connectivity index (χ1n) is 23.3. The lowest BCUT2D eigenvalue weighted by Crippen LogP contribution is -2.06. The summed E-state index contributed by atoms with van der Waals surface area (Å²) in [6.45, 7) is 0. The number of benzene rings is 11. The molecule has 15 aromatic rings. The fourth-order valence-corrected chi connectivity index (χ4v) is 11.1. The first-order chi connectivity index (χ1) is 34.2. The van der Waals surface area contributed by atoms with E-state index >= 15 is 0 Å². The van der Waals surface area contributed by atoms with Crippen molar-refractivity contribution in [3.8, 4) is 45.5 Å². The highest BCUT2D eigenvalue weighted by Crippen LogP contribution is 2.43. The van der Waals surface area contributed by atoms with E-state index in [2.05, 4.69) is 179 Å². The van der Waals surface area contributed by atoms with Crippen molar-refractivity contribution in [2.75, 3.05) is 0 Å². The summed E-state index contributed by atoms with van der Waals surface area (Å²) in [7, 11) is 0. The maximum absolute atomic E-state index is 6.34. The van der Waals surface area contributed by atoms with E-state index in [1.165, 1.54) is 54.2 Å². The second kappa shape index (κ2) is 14.6. The third-order valence-corrected chi connectivity index (χ3v) is 14.2. The third-order valence-electron chi connectivity index (χ3n) is 14.2. The summed E-state index contributed by atoms with van der Waals surface area (Å²) in [6.07, 6.45) is 0. The van der Waals surface area contributed by atoms with Gasteiger partial charge in [-0.2, -0.15) is 9.97 Å². The highest BCUT2D eigenvalue weighted by atomic mass is 16.3. The van der Waals surface area contributed by atoms with Crippen molar-refractivity contribution in [2.45, 2.75) is 0 Å². The smallest absolute Gasteiger partial charge is 0.238 e. The summed E-state index contributed by atoms with van der Waals surface area (Å²) in [5, 5.41) is 14.4. The molecule has 0 saturated heterocycles. The standard InChI is InChI=1S/C63H37N5O/c1-2-14-39(15-3-1)61-64-62(41-29-33-49-48-20-10-13-25-57(48)69-58(49)37-41)66-63(65-61)68-54-24-12-9-22-51(54)60-56(68)35-34-55-59(60)50-21-8-11-23-53(50)67(55)42-30-26-38(27-31-42)40-28-32-47-45-18-5-4-16-43(45)44-17-6-7-19-46(44)52(47)36-40/h1-37H. The average molecular weight is 880 g/mol. The van der Waals surface area contributed by atoms with Gasteiger partial charge in [0.1, 0.15) is 11.2 Å². The summed E-state index contributed by atoms with van der Waals surface area (Å²) in [6, 6.07) is 79.9. The van der Waals surface area contributed by atoms with Crippen LogP contribution in [0.1, 0.15) is 0 Å². The van der Waals surface area contributed by atoms with Gasteiger partial charge in [0.15, 0.2) is 11.6 Å². The van der Waals surface area contributed by atoms with Gasteiger partial charge < -0.3 is 8.98 Å². The van der Waals surface area contributed by atoms with E-state index in [0.717, 1.165) is 71.6 Å². The van der Waals surface area contributed by atoms with E-state index in [9.17, 15) is 0 Å². The van der Waals surface area contributed by atoms with Gasteiger partial charge in [-0.3, -0.25) is 4.57 Å². The van der Waals surface area contributed by atoms with Crippen LogP contribution < -0.4 is 0 Å². The zero-order chi connectivity index (χ0) is 45.2. The number of nitrogens with zero attached hydrogens (tertiary/aromatic N) is 5. The van der Waals surface area contributed by atoms with Crippen LogP contribution in [0.15, 0.2) is 229 Å². The molecule has 0 radical (unpaired) electrons. The highest BCUT2D eigenvalue weighted by molar-refractivity contribution is 6.29. The first-order valence-corrected chi connectivity index (χ1v) is 23.3. The Labute approximate surface area is 394 Å². The van der Waals surface area contributed by atoms with Crippen LogP contribution in [0.25, 0.3) is 143 Å². The first kappa shape index (κ1) is 37.8. The van der Waals surface area contributed by atoms with Crippen molar-refractivity contribution in [1.82, 2.24) is 24.1 Å². The number of furan rings is 1. The molecule has 0 aliphatic heterocycles. The van der Waals surface area contributed by atoms with E-state index in [1.54, 1.807) is 0 Å². The number of hydrogen-bond acceptors (Lipinski definition) is 4. The van der Waals surface area contributed by atoms with E-state index in [4.69, 9.17) is 19.4 Å². The molecule has 0 fully saturated rings. The van der Waals surface area contributed by atoms with Gasteiger partial charge >= 0.3 is 0 Å². The quantitative estimate of drug-likeness (QED) is 0.162. The van der Waals surface area contributed by atoms with E-state index in [-0.39, 0.29) is 0 Å². The molecule has 6 nitrogen and oxygen atoms in total. The van der Waals surface area contributed by atoms with Gasteiger partial charge in [0, 0.05) is 49.1 Å². The fraction of sp³-hybridized carbons (Fsp3) is 0. The number of fused-ring (bicyclic) bond motifs is 16. The summed E-state index contributed by atoms with van der Waals surface area (Å²) in [5.74, 6) is 1.71. The summed E-state index contributed by atoms with van der Waals surface area (Å²) >= 11 is 0. The monoisotopic (exact) mass is 879 g/mol. The second-order valence-electron chi connectivity index (χ2n) is 17.9. The topological polar surface area (TPSA) is 61.7 Å². The maximum atomic E-state index is 6.34. The zero-order valence-corrected chi connectivity index (χ0v) is 37.0. The molecule has 0 saturated carbocycles. The predicted molar refractivity (Wildman–Crippen MR) is 285 cm³/mol. The number of rotatable bonds is 5. The number of para-hydroxylation sites is 3. The fourth-order valence-electron chi connectivity index (χ4n) is 11.1. The largest absolute Gasteiger partial charge is 0.456 e. The molecule has 0 N–H and O–H groups in total. The second-order valence-corrected chi connectivity index (χ2v) is 17.9. The van der Waals surface area contributed by atoms with Crippen molar-refractivity contribution in [1.29, 1.82) is 0 Å². The van der Waals surface area contributed by atoms with Crippen LogP contribution in [0, 0.1) is 0 Å².